The second-order valence-corrected chi connectivity index (χ2v) is 6.47. The summed E-state index contributed by atoms with van der Waals surface area (Å²) in [6.45, 7) is 7.54. The molecule has 0 aromatic carbocycles. The summed E-state index contributed by atoms with van der Waals surface area (Å²) in [6.07, 6.45) is 1.70. The van der Waals surface area contributed by atoms with Gasteiger partial charge >= 0.3 is 0 Å². The first-order valence-corrected chi connectivity index (χ1v) is 7.64. The molecule has 1 aromatic rings. The normalized spacial score (nSPS) is 30.6. The molecular formula is C14H20N2OS. The molecule has 1 aromatic heterocycles. The van der Waals surface area contributed by atoms with Crippen molar-refractivity contribution in [1.82, 2.24) is 9.80 Å². The van der Waals surface area contributed by atoms with Crippen molar-refractivity contribution in [2.45, 2.75) is 25.8 Å². The van der Waals surface area contributed by atoms with Crippen LogP contribution in [0.15, 0.2) is 12.1 Å². The predicted octanol–water partition coefficient (Wildman–Crippen LogP) is 1.42. The summed E-state index contributed by atoms with van der Waals surface area (Å²) in [5, 5.41) is 0. The number of carbonyl (C=O) groups is 1. The number of fused-ring (bicyclic) bond motifs is 3. The number of hydrogen-bond donors (Lipinski definition) is 0. The minimum absolute atomic E-state index is 0.152. The highest BCUT2D eigenvalue weighted by molar-refractivity contribution is 7.12. The van der Waals surface area contributed by atoms with E-state index in [1.165, 1.54) is 9.75 Å². The van der Waals surface area contributed by atoms with Crippen LogP contribution in [-0.4, -0.2) is 54.3 Å². The van der Waals surface area contributed by atoms with Gasteiger partial charge < -0.3 is 0 Å². The van der Waals surface area contributed by atoms with E-state index in [4.69, 9.17) is 0 Å². The van der Waals surface area contributed by atoms with Crippen molar-refractivity contribution in [3.8, 4) is 0 Å². The lowest BCUT2D eigenvalue weighted by Crippen LogP contribution is -2.63. The second kappa shape index (κ2) is 5.11. The average molecular weight is 264 g/mol. The highest BCUT2D eigenvalue weighted by Gasteiger charge is 2.35. The van der Waals surface area contributed by atoms with E-state index in [1.807, 2.05) is 0 Å². The Morgan fingerprint density at radius 2 is 2.00 bits per heavy atom. The van der Waals surface area contributed by atoms with Crippen LogP contribution in [0.5, 0.6) is 0 Å². The Labute approximate surface area is 112 Å². The molecule has 0 radical (unpaired) electrons. The van der Waals surface area contributed by atoms with Crippen molar-refractivity contribution >= 4 is 17.1 Å². The molecule has 3 fully saturated rings. The fraction of sp³-hybridized carbons (Fsp3) is 0.643. The number of nitrogens with zero attached hydrogens (tertiary/aromatic N) is 2. The number of Topliss-reactive ketones (excluding diaryl/α,β-unsaturated/α-hetero) is 1. The Kier molecular flexibility index (Phi) is 3.50. The van der Waals surface area contributed by atoms with Crippen molar-refractivity contribution in [3.63, 3.8) is 0 Å². The van der Waals surface area contributed by atoms with Gasteiger partial charge in [-0.05, 0) is 18.6 Å². The van der Waals surface area contributed by atoms with Crippen LogP contribution in [0.1, 0.15) is 16.7 Å². The molecule has 4 heteroatoms. The van der Waals surface area contributed by atoms with E-state index in [1.54, 1.807) is 11.3 Å². The number of carbonyl (C=O) groups excluding carboxylic acids is 1. The van der Waals surface area contributed by atoms with E-state index in [9.17, 15) is 4.79 Å². The molecule has 98 valence electrons. The summed E-state index contributed by atoms with van der Waals surface area (Å²) in [5.41, 5.74) is 0. The first-order chi connectivity index (χ1) is 8.76. The Bertz CT molecular complexity index is 435. The average Bonchev–Trinajstić information content (AvgIpc) is 2.87. The van der Waals surface area contributed by atoms with Crippen molar-refractivity contribution in [1.29, 1.82) is 0 Å². The summed E-state index contributed by atoms with van der Waals surface area (Å²) in [5.74, 6) is 0.406. The van der Waals surface area contributed by atoms with Gasteiger partial charge in [0, 0.05) is 48.9 Å². The summed E-state index contributed by atoms with van der Waals surface area (Å²) in [7, 11) is 0. The van der Waals surface area contributed by atoms with Crippen LogP contribution < -0.4 is 0 Å². The molecule has 1 atom stereocenters. The molecule has 3 aliphatic heterocycles. The van der Waals surface area contributed by atoms with Gasteiger partial charge in [0.1, 0.15) is 0 Å². The topological polar surface area (TPSA) is 23.6 Å². The van der Waals surface area contributed by atoms with Crippen LogP contribution in [0, 0.1) is 0 Å². The molecule has 0 aliphatic carbocycles. The lowest BCUT2D eigenvalue weighted by atomic mass is 10.0. The lowest BCUT2D eigenvalue weighted by molar-refractivity contribution is -0.128. The van der Waals surface area contributed by atoms with Crippen LogP contribution >= 0.6 is 11.3 Å². The molecule has 3 saturated heterocycles. The van der Waals surface area contributed by atoms with Crippen LogP contribution in [-0.2, 0) is 17.6 Å². The summed E-state index contributed by atoms with van der Waals surface area (Å²) < 4.78 is 0. The third-order valence-electron chi connectivity index (χ3n) is 4.06. The first kappa shape index (κ1) is 12.3. The smallest absolute Gasteiger partial charge is 0.156 e. The highest BCUT2D eigenvalue weighted by Crippen LogP contribution is 2.21. The van der Waals surface area contributed by atoms with E-state index in [0.29, 0.717) is 12.2 Å². The SMILES string of the molecule is CCc1ccc(CC(=O)C2CN3CCN2CC3)s1. The molecular weight excluding hydrogens is 244 g/mol. The van der Waals surface area contributed by atoms with E-state index in [2.05, 4.69) is 28.9 Å². The van der Waals surface area contributed by atoms with Crippen LogP contribution in [0.3, 0.4) is 0 Å². The van der Waals surface area contributed by atoms with Gasteiger partial charge in [-0.1, -0.05) is 6.92 Å². The summed E-state index contributed by atoms with van der Waals surface area (Å²) in [4.78, 5) is 19.8. The van der Waals surface area contributed by atoms with Gasteiger partial charge in [-0.3, -0.25) is 14.6 Å². The third kappa shape index (κ3) is 2.37. The number of piperazine rings is 3. The van der Waals surface area contributed by atoms with Crippen molar-refractivity contribution < 1.29 is 4.79 Å². The van der Waals surface area contributed by atoms with Crippen LogP contribution in [0.2, 0.25) is 0 Å². The molecule has 18 heavy (non-hydrogen) atoms. The minimum Gasteiger partial charge on any atom is -0.299 e. The first-order valence-electron chi connectivity index (χ1n) is 6.83. The third-order valence-corrected chi connectivity index (χ3v) is 5.29. The minimum atomic E-state index is 0.152. The lowest BCUT2D eigenvalue weighted by Gasteiger charge is -2.46. The van der Waals surface area contributed by atoms with E-state index >= 15 is 0 Å². The maximum atomic E-state index is 12.4. The van der Waals surface area contributed by atoms with Gasteiger partial charge in [-0.15, -0.1) is 11.3 Å². The Morgan fingerprint density at radius 3 is 2.56 bits per heavy atom. The van der Waals surface area contributed by atoms with Gasteiger partial charge in [0.25, 0.3) is 0 Å². The zero-order chi connectivity index (χ0) is 12.5. The zero-order valence-electron chi connectivity index (χ0n) is 10.9. The maximum Gasteiger partial charge on any atom is 0.156 e. The summed E-state index contributed by atoms with van der Waals surface area (Å²) in [6, 6.07) is 4.43. The van der Waals surface area contributed by atoms with Gasteiger partial charge in [-0.25, -0.2) is 0 Å². The van der Waals surface area contributed by atoms with Crippen molar-refractivity contribution in [2.24, 2.45) is 0 Å². The van der Waals surface area contributed by atoms with Crippen molar-refractivity contribution in [3.05, 3.63) is 21.9 Å². The summed E-state index contributed by atoms with van der Waals surface area (Å²) >= 11 is 1.79. The number of thiophene rings is 1. The fourth-order valence-electron chi connectivity index (χ4n) is 2.92. The molecule has 3 nitrogen and oxygen atoms in total. The zero-order valence-corrected chi connectivity index (χ0v) is 11.7. The Hall–Kier alpha value is -0.710. The van der Waals surface area contributed by atoms with Crippen molar-refractivity contribution in [2.75, 3.05) is 32.7 Å². The van der Waals surface area contributed by atoms with Crippen LogP contribution in [0.25, 0.3) is 0 Å². The molecule has 0 amide bonds. The number of aryl methyl sites for hydroxylation is 1. The van der Waals surface area contributed by atoms with Gasteiger partial charge in [0.2, 0.25) is 0 Å². The van der Waals surface area contributed by atoms with E-state index in [0.717, 1.165) is 39.1 Å². The molecule has 4 heterocycles. The number of ketones is 1. The van der Waals surface area contributed by atoms with E-state index in [-0.39, 0.29) is 6.04 Å². The van der Waals surface area contributed by atoms with Gasteiger partial charge in [0.15, 0.2) is 5.78 Å². The molecule has 3 aliphatic rings. The predicted molar refractivity (Wildman–Crippen MR) is 74.2 cm³/mol. The Balaban J connectivity index is 1.64. The highest BCUT2D eigenvalue weighted by atomic mass is 32.1. The fourth-order valence-corrected chi connectivity index (χ4v) is 3.89. The molecule has 1 unspecified atom stereocenters. The van der Waals surface area contributed by atoms with Crippen LogP contribution in [0.4, 0.5) is 0 Å². The second-order valence-electron chi connectivity index (χ2n) is 5.22. The maximum absolute atomic E-state index is 12.4. The molecule has 2 bridgehead atoms. The van der Waals surface area contributed by atoms with E-state index < -0.39 is 0 Å². The standard InChI is InChI=1S/C14H20N2OS/c1-2-11-3-4-12(18-11)9-14(17)13-10-15-5-7-16(13)8-6-15/h3-4,13H,2,5-10H2,1H3. The quantitative estimate of drug-likeness (QED) is 0.822. The number of hydrogen-bond acceptors (Lipinski definition) is 4. The monoisotopic (exact) mass is 264 g/mol. The largest absolute Gasteiger partial charge is 0.299 e. The molecule has 0 saturated carbocycles. The number of rotatable bonds is 4. The van der Waals surface area contributed by atoms with Gasteiger partial charge in [-0.2, -0.15) is 0 Å². The molecule has 0 N–H and O–H groups in total. The van der Waals surface area contributed by atoms with Gasteiger partial charge in [0.05, 0.1) is 6.04 Å². The molecule has 4 rings (SSSR count). The molecule has 0 spiro atoms. The Morgan fingerprint density at radius 1 is 1.28 bits per heavy atom.